The number of aryl methyl sites for hydroxylation is 2. The third kappa shape index (κ3) is 10.7. The number of benzene rings is 6. The average Bonchev–Trinajstić information content (AvgIpc) is 3.88. The molecule has 372 valence electrons. The number of fused-ring (bicyclic) bond motifs is 2. The first kappa shape index (κ1) is 52.4. The monoisotopic (exact) mass is 1000 g/mol. The van der Waals surface area contributed by atoms with E-state index in [1.165, 1.54) is 12.1 Å². The van der Waals surface area contributed by atoms with E-state index in [0.717, 1.165) is 67.6 Å². The summed E-state index contributed by atoms with van der Waals surface area (Å²) >= 11 is 0. The van der Waals surface area contributed by atoms with E-state index in [2.05, 4.69) is 53.7 Å². The first-order valence-corrected chi connectivity index (χ1v) is 25.7. The van der Waals surface area contributed by atoms with Crippen molar-refractivity contribution < 1.29 is 54.8 Å². The normalized spacial score (nSPS) is 17.6. The van der Waals surface area contributed by atoms with E-state index in [4.69, 9.17) is 28.4 Å². The lowest BCUT2D eigenvalue weighted by Gasteiger charge is -2.33. The van der Waals surface area contributed by atoms with Crippen LogP contribution in [0.25, 0.3) is 22.3 Å². The van der Waals surface area contributed by atoms with Gasteiger partial charge in [0.25, 0.3) is 0 Å². The Morgan fingerprint density at radius 3 is 1.04 bits per heavy atom. The summed E-state index contributed by atoms with van der Waals surface area (Å²) in [6.07, 6.45) is -7.65. The second kappa shape index (κ2) is 20.4. The molecule has 0 saturated carbocycles. The van der Waals surface area contributed by atoms with E-state index >= 15 is 0 Å². The first-order chi connectivity index (χ1) is 32.9. The highest BCUT2D eigenvalue weighted by Crippen LogP contribution is 2.63. The van der Waals surface area contributed by atoms with Crippen LogP contribution in [0.5, 0.6) is 34.5 Å². The van der Waals surface area contributed by atoms with Gasteiger partial charge in [-0.15, -0.1) is 0 Å². The van der Waals surface area contributed by atoms with E-state index in [1.54, 1.807) is 54.4 Å². The molecule has 0 aromatic heterocycles. The Kier molecular flexibility index (Phi) is 15.2. The Balaban J connectivity index is 0.000000206. The number of hydrogen-bond acceptors (Lipinski definition) is 6. The maximum Gasteiger partial charge on any atom is 0.416 e. The molecule has 0 unspecified atom stereocenters. The molecule has 2 heterocycles. The largest absolute Gasteiger partial charge is 0.496 e. The Morgan fingerprint density at radius 1 is 0.457 bits per heavy atom. The van der Waals surface area contributed by atoms with Crippen molar-refractivity contribution in [1.29, 1.82) is 0 Å². The number of halogens is 6. The molecular weight excluding hydrogens is 945 g/mol. The minimum Gasteiger partial charge on any atom is -0.496 e. The lowest BCUT2D eigenvalue weighted by molar-refractivity contribution is -0.138. The van der Waals surface area contributed by atoms with Crippen LogP contribution < -0.4 is 39.0 Å². The molecule has 8 rings (SSSR count). The summed E-state index contributed by atoms with van der Waals surface area (Å²) in [4.78, 5) is 0. The maximum atomic E-state index is 13.2. The highest BCUT2D eigenvalue weighted by Gasteiger charge is 2.46. The Bertz CT molecular complexity index is 2610. The molecule has 0 bridgehead atoms. The lowest BCUT2D eigenvalue weighted by atomic mass is 10.0. The molecule has 0 aliphatic carbocycles. The smallest absolute Gasteiger partial charge is 0.416 e. The van der Waals surface area contributed by atoms with Gasteiger partial charge in [0.05, 0.1) is 50.7 Å². The molecule has 2 aliphatic heterocycles. The molecular formula is C56H60F6O6P2. The molecule has 0 spiro atoms. The number of rotatable bonds is 10. The molecule has 70 heavy (non-hydrogen) atoms. The summed E-state index contributed by atoms with van der Waals surface area (Å²) < 4.78 is 115. The van der Waals surface area contributed by atoms with Gasteiger partial charge in [-0.2, -0.15) is 26.3 Å². The quantitative estimate of drug-likeness (QED) is 0.101. The Labute approximate surface area is 410 Å². The summed E-state index contributed by atoms with van der Waals surface area (Å²) in [6, 6.07) is 31.4. The van der Waals surface area contributed by atoms with Gasteiger partial charge in [-0.05, 0) is 123 Å². The van der Waals surface area contributed by atoms with Crippen molar-refractivity contribution in [3.8, 4) is 56.8 Å². The molecule has 2 aliphatic rings. The number of alkyl halides is 6. The average molecular weight is 1010 g/mol. The molecule has 0 amide bonds. The van der Waals surface area contributed by atoms with Crippen molar-refractivity contribution >= 4 is 26.5 Å². The van der Waals surface area contributed by atoms with Crippen LogP contribution in [0, 0.1) is 13.8 Å². The van der Waals surface area contributed by atoms with Gasteiger partial charge in [0.2, 0.25) is 0 Å². The lowest BCUT2D eigenvalue weighted by Crippen LogP contribution is -2.26. The predicted octanol–water partition coefficient (Wildman–Crippen LogP) is 15.1. The second-order valence-electron chi connectivity index (χ2n) is 19.3. The Morgan fingerprint density at radius 2 is 0.771 bits per heavy atom. The van der Waals surface area contributed by atoms with Crippen LogP contribution in [0.2, 0.25) is 0 Å². The Hall–Kier alpha value is -5.44. The van der Waals surface area contributed by atoms with Crippen molar-refractivity contribution in [2.75, 3.05) is 28.4 Å². The van der Waals surface area contributed by atoms with E-state index in [9.17, 15) is 26.3 Å². The van der Waals surface area contributed by atoms with Crippen molar-refractivity contribution in [2.24, 2.45) is 0 Å². The SMILES string of the molecule is COc1cccc(OC)c1-c1cccc2c1[P@@](C(C)(C)C)[C@@H](Cc1ccc(C(F)(F)F)cc1C)O2.COc1cccc(OC)c1-c1cccc2c1[P@@](C(C)(C)C)[C@H](Cc1ccc(C(F)(F)F)cc1C)O2. The van der Waals surface area contributed by atoms with Gasteiger partial charge in [-0.3, -0.25) is 0 Å². The molecule has 6 aromatic rings. The number of ether oxygens (including phenoxy) is 6. The fraction of sp³-hybridized carbons (Fsp3) is 0.357. The highest BCUT2D eigenvalue weighted by atomic mass is 31.1. The zero-order valence-corrected chi connectivity index (χ0v) is 43.4. The third-order valence-corrected chi connectivity index (χ3v) is 19.1. The molecule has 6 nitrogen and oxygen atoms in total. The van der Waals surface area contributed by atoms with Gasteiger partial charge in [-0.25, -0.2) is 0 Å². The highest BCUT2D eigenvalue weighted by molar-refractivity contribution is 7.69. The number of hydrogen-bond donors (Lipinski definition) is 0. The van der Waals surface area contributed by atoms with Crippen LogP contribution in [0.3, 0.4) is 0 Å². The molecule has 6 aromatic carbocycles. The summed E-state index contributed by atoms with van der Waals surface area (Å²) in [6.45, 7) is 16.6. The van der Waals surface area contributed by atoms with E-state index < -0.39 is 39.3 Å². The van der Waals surface area contributed by atoms with E-state index in [1.807, 2.05) is 60.7 Å². The molecule has 4 atom stereocenters. The second-order valence-corrected chi connectivity index (χ2v) is 25.5. The first-order valence-electron chi connectivity index (χ1n) is 22.8. The molecule has 0 saturated heterocycles. The van der Waals surface area contributed by atoms with E-state index in [-0.39, 0.29) is 22.0 Å². The predicted molar refractivity (Wildman–Crippen MR) is 271 cm³/mol. The standard InChI is InChI=1S/2C28H30F3O3P/c2*1-17-15-19(28(29,30)31)14-13-18(17)16-24-34-23-12-7-9-20(26(23)35(24)27(2,3)4)25-21(32-5)10-8-11-22(25)33-6/h2*7-15,24H,16H2,1-6H3/t24-,35+;24-,35-/m10/s1. The van der Waals surface area contributed by atoms with Crippen LogP contribution in [0.1, 0.15) is 74.9 Å². The van der Waals surface area contributed by atoms with Crippen LogP contribution in [-0.2, 0) is 25.2 Å². The summed E-state index contributed by atoms with van der Waals surface area (Å²) in [5, 5.41) is 2.03. The van der Waals surface area contributed by atoms with Gasteiger partial charge in [0, 0.05) is 34.6 Å². The molecule has 14 heteroatoms. The van der Waals surface area contributed by atoms with Crippen LogP contribution in [-0.4, -0.2) is 50.4 Å². The van der Waals surface area contributed by atoms with Crippen molar-refractivity contribution in [3.05, 3.63) is 143 Å². The topological polar surface area (TPSA) is 55.4 Å². The van der Waals surface area contributed by atoms with E-state index in [0.29, 0.717) is 47.0 Å². The minimum atomic E-state index is -4.36. The minimum absolute atomic E-state index is 0.115. The zero-order valence-electron chi connectivity index (χ0n) is 41.6. The zero-order chi connectivity index (χ0) is 51.1. The third-order valence-electron chi connectivity index (χ3n) is 12.6. The summed E-state index contributed by atoms with van der Waals surface area (Å²) in [7, 11) is 4.83. The van der Waals surface area contributed by atoms with Gasteiger partial charge >= 0.3 is 12.4 Å². The maximum absolute atomic E-state index is 13.2. The number of methoxy groups -OCH3 is 4. The fourth-order valence-electron chi connectivity index (χ4n) is 9.43. The van der Waals surface area contributed by atoms with Crippen LogP contribution in [0.4, 0.5) is 26.3 Å². The summed E-state index contributed by atoms with van der Waals surface area (Å²) in [5.74, 6) is 4.13. The van der Waals surface area contributed by atoms with Crippen molar-refractivity contribution in [1.82, 2.24) is 0 Å². The van der Waals surface area contributed by atoms with Crippen molar-refractivity contribution in [3.63, 3.8) is 0 Å². The van der Waals surface area contributed by atoms with Crippen LogP contribution >= 0.6 is 15.8 Å². The molecule has 0 N–H and O–H groups in total. The van der Waals surface area contributed by atoms with Gasteiger partial charge in [0.1, 0.15) is 46.2 Å². The fourth-order valence-corrected chi connectivity index (χ4v) is 15.9. The molecule has 0 fully saturated rings. The van der Waals surface area contributed by atoms with Crippen molar-refractivity contribution in [2.45, 2.75) is 103 Å². The van der Waals surface area contributed by atoms with Gasteiger partial charge in [-0.1, -0.05) is 90.1 Å². The van der Waals surface area contributed by atoms with Gasteiger partial charge in [0.15, 0.2) is 0 Å². The summed E-state index contributed by atoms with van der Waals surface area (Å²) in [5.41, 5.74) is 5.48. The molecule has 0 radical (unpaired) electrons. The van der Waals surface area contributed by atoms with Gasteiger partial charge < -0.3 is 28.4 Å². The van der Waals surface area contributed by atoms with Crippen LogP contribution in [0.15, 0.2) is 109 Å².